The fourth-order valence-electron chi connectivity index (χ4n) is 1.74. The van der Waals surface area contributed by atoms with Crippen LogP contribution in [0.25, 0.3) is 0 Å². The Morgan fingerprint density at radius 2 is 1.79 bits per heavy atom. The number of non-ortho nitro benzene ring substituents is 1. The van der Waals surface area contributed by atoms with Gasteiger partial charge in [-0.2, -0.15) is 0 Å². The Hall–Kier alpha value is -2.43. The highest BCUT2D eigenvalue weighted by Crippen LogP contribution is 2.24. The van der Waals surface area contributed by atoms with Gasteiger partial charge in [-0.05, 0) is 43.2 Å². The lowest BCUT2D eigenvalue weighted by molar-refractivity contribution is -0.385. The first-order valence-electron chi connectivity index (χ1n) is 5.75. The summed E-state index contributed by atoms with van der Waals surface area (Å²) in [5.74, 6) is -0.638. The molecule has 0 atom stereocenters. The molecular formula is C14H13FN2O2. The van der Waals surface area contributed by atoms with Gasteiger partial charge in [-0.3, -0.25) is 10.1 Å². The largest absolute Gasteiger partial charge is 0.355 e. The van der Waals surface area contributed by atoms with E-state index in [1.807, 2.05) is 32.0 Å². The molecule has 1 N–H and O–H groups in total. The van der Waals surface area contributed by atoms with Crippen molar-refractivity contribution in [3.8, 4) is 0 Å². The van der Waals surface area contributed by atoms with Gasteiger partial charge in [0.1, 0.15) is 5.82 Å². The van der Waals surface area contributed by atoms with Crippen LogP contribution in [0.1, 0.15) is 11.1 Å². The van der Waals surface area contributed by atoms with Crippen molar-refractivity contribution >= 4 is 17.1 Å². The summed E-state index contributed by atoms with van der Waals surface area (Å²) in [6.45, 7) is 3.96. The normalized spacial score (nSPS) is 10.3. The summed E-state index contributed by atoms with van der Waals surface area (Å²) < 4.78 is 13.3. The number of nitrogens with zero attached hydrogens (tertiary/aromatic N) is 1. The molecule has 0 fully saturated rings. The van der Waals surface area contributed by atoms with Crippen LogP contribution in [0.4, 0.5) is 21.5 Å². The molecule has 0 aliphatic carbocycles. The maximum atomic E-state index is 13.3. The molecule has 0 aliphatic rings. The van der Waals surface area contributed by atoms with Gasteiger partial charge in [0.15, 0.2) is 0 Å². The zero-order chi connectivity index (χ0) is 14.0. The highest BCUT2D eigenvalue weighted by Gasteiger charge is 2.10. The van der Waals surface area contributed by atoms with Crippen LogP contribution in [0, 0.1) is 29.8 Å². The van der Waals surface area contributed by atoms with Crippen LogP contribution in [0.5, 0.6) is 0 Å². The molecule has 0 amide bonds. The van der Waals surface area contributed by atoms with Crippen molar-refractivity contribution in [1.82, 2.24) is 0 Å². The third-order valence-corrected chi connectivity index (χ3v) is 2.89. The molecule has 0 spiro atoms. The third kappa shape index (κ3) is 3.07. The summed E-state index contributed by atoms with van der Waals surface area (Å²) >= 11 is 0. The van der Waals surface area contributed by atoms with Crippen molar-refractivity contribution in [1.29, 1.82) is 0 Å². The Balaban J connectivity index is 2.32. The van der Waals surface area contributed by atoms with Gasteiger partial charge in [-0.1, -0.05) is 6.07 Å². The van der Waals surface area contributed by atoms with E-state index < -0.39 is 10.7 Å². The number of rotatable bonds is 3. The summed E-state index contributed by atoms with van der Waals surface area (Å²) in [5, 5.41) is 13.6. The quantitative estimate of drug-likeness (QED) is 0.667. The maximum absolute atomic E-state index is 13.3. The lowest BCUT2D eigenvalue weighted by Gasteiger charge is -2.08. The molecule has 98 valence electrons. The topological polar surface area (TPSA) is 55.2 Å². The second kappa shape index (κ2) is 5.06. The maximum Gasteiger partial charge on any atom is 0.274 e. The molecule has 0 radical (unpaired) electrons. The van der Waals surface area contributed by atoms with E-state index in [1.54, 1.807) is 0 Å². The fourth-order valence-corrected chi connectivity index (χ4v) is 1.74. The number of halogens is 1. The predicted molar refractivity (Wildman–Crippen MR) is 72.3 cm³/mol. The van der Waals surface area contributed by atoms with Gasteiger partial charge in [0.2, 0.25) is 0 Å². The Bertz CT molecular complexity index is 641. The number of hydrogen-bond donors (Lipinski definition) is 1. The van der Waals surface area contributed by atoms with Crippen LogP contribution in [0.2, 0.25) is 0 Å². The molecule has 0 heterocycles. The summed E-state index contributed by atoms with van der Waals surface area (Å²) in [5.41, 5.74) is 3.09. The van der Waals surface area contributed by atoms with Gasteiger partial charge in [0, 0.05) is 17.4 Å². The summed E-state index contributed by atoms with van der Waals surface area (Å²) in [6.07, 6.45) is 0. The summed E-state index contributed by atoms with van der Waals surface area (Å²) in [6, 6.07) is 9.11. The monoisotopic (exact) mass is 260 g/mol. The molecule has 0 saturated carbocycles. The standard InChI is InChI=1S/C14H13FN2O2/c1-9-3-4-12(5-10(9)2)16-13-6-11(15)7-14(8-13)17(18)19/h3-8,16H,1-2H3. The molecule has 0 aliphatic heterocycles. The lowest BCUT2D eigenvalue weighted by Crippen LogP contribution is -1.95. The highest BCUT2D eigenvalue weighted by molar-refractivity contribution is 5.63. The van der Waals surface area contributed by atoms with E-state index in [9.17, 15) is 14.5 Å². The predicted octanol–water partition coefficient (Wildman–Crippen LogP) is 4.09. The first-order chi connectivity index (χ1) is 8.95. The van der Waals surface area contributed by atoms with Crippen LogP contribution in [0.3, 0.4) is 0 Å². The minimum atomic E-state index is -0.638. The zero-order valence-electron chi connectivity index (χ0n) is 10.6. The second-order valence-corrected chi connectivity index (χ2v) is 4.38. The van der Waals surface area contributed by atoms with E-state index in [2.05, 4.69) is 5.32 Å². The van der Waals surface area contributed by atoms with E-state index in [-0.39, 0.29) is 5.69 Å². The van der Waals surface area contributed by atoms with E-state index in [0.29, 0.717) is 5.69 Å². The Morgan fingerprint density at radius 1 is 1.05 bits per heavy atom. The fraction of sp³-hybridized carbons (Fsp3) is 0.143. The number of benzene rings is 2. The minimum absolute atomic E-state index is 0.272. The summed E-state index contributed by atoms with van der Waals surface area (Å²) in [4.78, 5) is 10.1. The van der Waals surface area contributed by atoms with Crippen molar-refractivity contribution in [3.05, 3.63) is 63.5 Å². The zero-order valence-corrected chi connectivity index (χ0v) is 10.6. The third-order valence-electron chi connectivity index (χ3n) is 2.89. The second-order valence-electron chi connectivity index (χ2n) is 4.38. The van der Waals surface area contributed by atoms with Gasteiger partial charge < -0.3 is 5.32 Å². The number of aryl methyl sites for hydroxylation is 2. The number of nitro groups is 1. The van der Waals surface area contributed by atoms with E-state index in [4.69, 9.17) is 0 Å². The number of nitrogens with one attached hydrogen (secondary N) is 1. The van der Waals surface area contributed by atoms with E-state index in [1.165, 1.54) is 12.1 Å². The van der Waals surface area contributed by atoms with Gasteiger partial charge in [-0.15, -0.1) is 0 Å². The molecule has 0 bridgehead atoms. The van der Waals surface area contributed by atoms with E-state index >= 15 is 0 Å². The van der Waals surface area contributed by atoms with Crippen molar-refractivity contribution in [2.75, 3.05) is 5.32 Å². The Kier molecular flexibility index (Phi) is 3.46. The number of nitro benzene ring substituents is 1. The average Bonchev–Trinajstić information content (AvgIpc) is 2.33. The van der Waals surface area contributed by atoms with Crippen molar-refractivity contribution in [2.24, 2.45) is 0 Å². The van der Waals surface area contributed by atoms with Crippen LogP contribution in [-0.2, 0) is 0 Å². The Morgan fingerprint density at radius 3 is 2.42 bits per heavy atom. The van der Waals surface area contributed by atoms with Gasteiger partial charge in [-0.25, -0.2) is 4.39 Å². The molecule has 19 heavy (non-hydrogen) atoms. The van der Waals surface area contributed by atoms with Crippen LogP contribution in [0.15, 0.2) is 36.4 Å². The molecule has 2 rings (SSSR count). The molecular weight excluding hydrogens is 247 g/mol. The minimum Gasteiger partial charge on any atom is -0.355 e. The van der Waals surface area contributed by atoms with Crippen LogP contribution >= 0.6 is 0 Å². The van der Waals surface area contributed by atoms with Crippen molar-refractivity contribution in [2.45, 2.75) is 13.8 Å². The van der Waals surface area contributed by atoms with Gasteiger partial charge in [0.05, 0.1) is 11.0 Å². The van der Waals surface area contributed by atoms with Crippen molar-refractivity contribution < 1.29 is 9.31 Å². The first kappa shape index (κ1) is 13.0. The van der Waals surface area contributed by atoms with Crippen molar-refractivity contribution in [3.63, 3.8) is 0 Å². The Labute approximate surface area is 110 Å². The number of hydrogen-bond acceptors (Lipinski definition) is 3. The molecule has 2 aromatic rings. The van der Waals surface area contributed by atoms with Crippen LogP contribution < -0.4 is 5.32 Å². The first-order valence-corrected chi connectivity index (χ1v) is 5.75. The smallest absolute Gasteiger partial charge is 0.274 e. The van der Waals surface area contributed by atoms with Gasteiger partial charge >= 0.3 is 0 Å². The average molecular weight is 260 g/mol. The molecule has 0 aromatic heterocycles. The molecule has 4 nitrogen and oxygen atoms in total. The number of anilines is 2. The molecule has 2 aromatic carbocycles. The van der Waals surface area contributed by atoms with E-state index in [0.717, 1.165) is 22.9 Å². The lowest BCUT2D eigenvalue weighted by atomic mass is 10.1. The SMILES string of the molecule is Cc1ccc(Nc2cc(F)cc([N+](=O)[O-])c2)cc1C. The highest BCUT2D eigenvalue weighted by atomic mass is 19.1. The molecule has 0 unspecified atom stereocenters. The van der Waals surface area contributed by atoms with Crippen LogP contribution in [-0.4, -0.2) is 4.92 Å². The summed E-state index contributed by atoms with van der Waals surface area (Å²) in [7, 11) is 0. The van der Waals surface area contributed by atoms with Gasteiger partial charge in [0.25, 0.3) is 5.69 Å². The molecule has 5 heteroatoms. The molecule has 0 saturated heterocycles.